The van der Waals surface area contributed by atoms with Gasteiger partial charge in [-0.05, 0) is 36.6 Å². The second-order valence-corrected chi connectivity index (χ2v) is 8.45. The summed E-state index contributed by atoms with van der Waals surface area (Å²) in [4.78, 5) is 26.8. The smallest absolute Gasteiger partial charge is 0.368 e. The highest BCUT2D eigenvalue weighted by Crippen LogP contribution is 2.35. The van der Waals surface area contributed by atoms with Gasteiger partial charge in [-0.15, -0.1) is 11.3 Å². The van der Waals surface area contributed by atoms with Crippen molar-refractivity contribution in [2.24, 2.45) is 0 Å². The van der Waals surface area contributed by atoms with E-state index in [1.54, 1.807) is 48.8 Å². The maximum atomic E-state index is 13.7. The third-order valence-electron chi connectivity index (χ3n) is 5.41. The highest BCUT2D eigenvalue weighted by molar-refractivity contribution is 7.16. The molecule has 5 aromatic rings. The molecule has 0 unspecified atom stereocenters. The van der Waals surface area contributed by atoms with Gasteiger partial charge in [0.2, 0.25) is 5.95 Å². The number of fused-ring (bicyclic) bond motifs is 2. The fourth-order valence-corrected chi connectivity index (χ4v) is 4.60. The molecule has 0 aliphatic carbocycles. The highest BCUT2D eigenvalue weighted by atomic mass is 32.1. The molecule has 0 saturated carbocycles. The lowest BCUT2D eigenvalue weighted by Crippen LogP contribution is -2.27. The van der Waals surface area contributed by atoms with Crippen LogP contribution in [0.3, 0.4) is 0 Å². The number of para-hydroxylation sites is 1. The van der Waals surface area contributed by atoms with Gasteiger partial charge in [0.15, 0.2) is 10.6 Å². The van der Waals surface area contributed by atoms with Gasteiger partial charge >= 0.3 is 6.18 Å². The zero-order valence-corrected chi connectivity index (χ0v) is 18.5. The zero-order chi connectivity index (χ0) is 24.0. The van der Waals surface area contributed by atoms with E-state index >= 15 is 0 Å². The summed E-state index contributed by atoms with van der Waals surface area (Å²) >= 11 is 1.30. The Balaban J connectivity index is 1.74. The van der Waals surface area contributed by atoms with E-state index in [0.717, 1.165) is 6.07 Å². The Morgan fingerprint density at radius 3 is 2.59 bits per heavy atom. The van der Waals surface area contributed by atoms with E-state index in [9.17, 15) is 18.0 Å². The van der Waals surface area contributed by atoms with Crippen molar-refractivity contribution in [1.29, 1.82) is 0 Å². The number of nitrogens with zero attached hydrogens (tertiary/aromatic N) is 4. The Morgan fingerprint density at radius 2 is 1.85 bits per heavy atom. The number of thiazole rings is 1. The van der Waals surface area contributed by atoms with Crippen molar-refractivity contribution in [3.05, 3.63) is 81.7 Å². The molecular weight excluding hydrogens is 465 g/mol. The summed E-state index contributed by atoms with van der Waals surface area (Å²) in [5.41, 5.74) is 7.11. The number of anilines is 2. The first-order chi connectivity index (χ1) is 16.2. The van der Waals surface area contributed by atoms with Gasteiger partial charge in [-0.3, -0.25) is 9.36 Å². The summed E-state index contributed by atoms with van der Waals surface area (Å²) in [5.74, 6) is 0.424. The van der Waals surface area contributed by atoms with Crippen LogP contribution in [0.15, 0.2) is 64.9 Å². The molecule has 3 aromatic heterocycles. The molecule has 2 aromatic carbocycles. The fourth-order valence-electron chi connectivity index (χ4n) is 3.94. The Bertz CT molecular complexity index is 1580. The van der Waals surface area contributed by atoms with E-state index in [4.69, 9.17) is 5.73 Å². The van der Waals surface area contributed by atoms with Crippen LogP contribution >= 0.6 is 11.3 Å². The number of rotatable bonds is 4. The van der Waals surface area contributed by atoms with Crippen molar-refractivity contribution in [3.63, 3.8) is 0 Å². The molecule has 3 N–H and O–H groups in total. The van der Waals surface area contributed by atoms with Gasteiger partial charge in [0, 0.05) is 11.4 Å². The molecule has 0 amide bonds. The maximum absolute atomic E-state index is 13.7. The summed E-state index contributed by atoms with van der Waals surface area (Å²) in [7, 11) is 0. The molecule has 34 heavy (non-hydrogen) atoms. The van der Waals surface area contributed by atoms with E-state index < -0.39 is 23.3 Å². The van der Waals surface area contributed by atoms with Crippen LogP contribution in [0.25, 0.3) is 26.8 Å². The monoisotopic (exact) mass is 482 g/mol. The average molecular weight is 482 g/mol. The van der Waals surface area contributed by atoms with Crippen molar-refractivity contribution in [2.75, 3.05) is 11.1 Å². The quantitative estimate of drug-likeness (QED) is 0.367. The molecular formula is C23H17F3N6OS. The first-order valence-electron chi connectivity index (χ1n) is 10.2. The molecule has 0 radical (unpaired) electrons. The lowest BCUT2D eigenvalue weighted by atomic mass is 10.0. The van der Waals surface area contributed by atoms with Gasteiger partial charge in [0.25, 0.3) is 5.56 Å². The minimum atomic E-state index is -4.67. The molecule has 0 aliphatic heterocycles. The molecule has 172 valence electrons. The zero-order valence-electron chi connectivity index (χ0n) is 17.7. The van der Waals surface area contributed by atoms with E-state index in [1.807, 2.05) is 0 Å². The normalized spacial score (nSPS) is 12.8. The SMILES string of the molecule is C[C@H](Nc1nc(N)nc2scnc12)c1cc2cccc(C(F)(F)F)c2c(=O)n1-c1ccccc1. The number of hydrogen-bond donors (Lipinski definition) is 2. The van der Waals surface area contributed by atoms with E-state index in [1.165, 1.54) is 28.0 Å². The van der Waals surface area contributed by atoms with Crippen LogP contribution in [0.1, 0.15) is 24.2 Å². The topological polar surface area (TPSA) is 98.7 Å². The number of alkyl halides is 3. The number of aromatic nitrogens is 4. The third kappa shape index (κ3) is 3.73. The predicted molar refractivity (Wildman–Crippen MR) is 126 cm³/mol. The van der Waals surface area contributed by atoms with Gasteiger partial charge in [0.05, 0.1) is 22.5 Å². The molecule has 0 bridgehead atoms. The van der Waals surface area contributed by atoms with Crippen LogP contribution in [-0.4, -0.2) is 19.5 Å². The van der Waals surface area contributed by atoms with Crippen molar-refractivity contribution in [3.8, 4) is 5.69 Å². The number of nitrogen functional groups attached to an aromatic ring is 1. The first-order valence-corrected chi connectivity index (χ1v) is 11.1. The molecule has 1 atom stereocenters. The van der Waals surface area contributed by atoms with Crippen LogP contribution in [0.4, 0.5) is 24.9 Å². The minimum Gasteiger partial charge on any atom is -0.368 e. The Morgan fingerprint density at radius 1 is 1.09 bits per heavy atom. The fraction of sp³-hybridized carbons (Fsp3) is 0.130. The summed E-state index contributed by atoms with van der Waals surface area (Å²) in [5, 5.41) is 3.01. The third-order valence-corrected chi connectivity index (χ3v) is 6.13. The number of halogens is 3. The Hall–Kier alpha value is -3.99. The predicted octanol–water partition coefficient (Wildman–Crippen LogP) is 5.16. The highest BCUT2D eigenvalue weighted by Gasteiger charge is 2.34. The lowest BCUT2D eigenvalue weighted by Gasteiger charge is -2.22. The van der Waals surface area contributed by atoms with E-state index in [2.05, 4.69) is 20.3 Å². The number of nitrogens with one attached hydrogen (secondary N) is 1. The van der Waals surface area contributed by atoms with Crippen LogP contribution in [0.5, 0.6) is 0 Å². The van der Waals surface area contributed by atoms with Crippen molar-refractivity contribution < 1.29 is 13.2 Å². The van der Waals surface area contributed by atoms with Crippen LogP contribution in [-0.2, 0) is 6.18 Å². The molecule has 0 aliphatic rings. The van der Waals surface area contributed by atoms with Crippen LogP contribution in [0, 0.1) is 0 Å². The Kier molecular flexibility index (Phi) is 5.20. The second kappa shape index (κ2) is 8.10. The van der Waals surface area contributed by atoms with Crippen molar-refractivity contribution in [1.82, 2.24) is 19.5 Å². The number of pyridine rings is 1. The molecule has 0 spiro atoms. The Labute approximate surface area is 194 Å². The van der Waals surface area contributed by atoms with Gasteiger partial charge in [0.1, 0.15) is 5.52 Å². The molecule has 0 saturated heterocycles. The number of hydrogen-bond acceptors (Lipinski definition) is 7. The number of benzene rings is 2. The van der Waals surface area contributed by atoms with Crippen LogP contribution in [0.2, 0.25) is 0 Å². The van der Waals surface area contributed by atoms with Crippen LogP contribution < -0.4 is 16.6 Å². The second-order valence-electron chi connectivity index (χ2n) is 7.62. The average Bonchev–Trinajstić information content (AvgIpc) is 3.27. The molecule has 3 heterocycles. The van der Waals surface area contributed by atoms with Crippen molar-refractivity contribution >= 4 is 44.2 Å². The molecule has 0 fully saturated rings. The first kappa shape index (κ1) is 21.8. The molecule has 5 rings (SSSR count). The molecule has 11 heteroatoms. The van der Waals surface area contributed by atoms with E-state index in [-0.39, 0.29) is 16.7 Å². The summed E-state index contributed by atoms with van der Waals surface area (Å²) in [6.45, 7) is 1.78. The van der Waals surface area contributed by atoms with Gasteiger partial charge in [-0.2, -0.15) is 18.2 Å². The van der Waals surface area contributed by atoms with Crippen molar-refractivity contribution in [2.45, 2.75) is 19.1 Å². The van der Waals surface area contributed by atoms with E-state index in [0.29, 0.717) is 27.5 Å². The van der Waals surface area contributed by atoms with Gasteiger partial charge in [-0.1, -0.05) is 30.3 Å². The van der Waals surface area contributed by atoms with Gasteiger partial charge < -0.3 is 11.1 Å². The summed E-state index contributed by atoms with van der Waals surface area (Å²) in [6, 6.07) is 13.3. The lowest BCUT2D eigenvalue weighted by molar-refractivity contribution is -0.136. The summed E-state index contributed by atoms with van der Waals surface area (Å²) in [6.07, 6.45) is -4.67. The largest absolute Gasteiger partial charge is 0.417 e. The van der Waals surface area contributed by atoms with Gasteiger partial charge in [-0.25, -0.2) is 9.97 Å². The minimum absolute atomic E-state index is 0.0558. The molecule has 7 nitrogen and oxygen atoms in total. The maximum Gasteiger partial charge on any atom is 0.417 e. The summed E-state index contributed by atoms with van der Waals surface area (Å²) < 4.78 is 42.5. The standard InChI is InChI=1S/C23H17F3N6OS/c1-12(29-19-18-20(34-11-28-18)31-22(27)30-19)16-10-13-6-5-9-15(23(24,25)26)17(13)21(33)32(16)14-7-3-2-4-8-14/h2-12H,1H3,(H3,27,29,30,31)/t12-/m0/s1. The number of nitrogens with two attached hydrogens (primary N) is 1.